The van der Waals surface area contributed by atoms with Gasteiger partial charge in [-0.2, -0.15) is 0 Å². The number of anilines is 1. The third-order valence-corrected chi connectivity index (χ3v) is 2.58. The molecular weight excluding hydrogens is 176 g/mol. The first-order valence-corrected chi connectivity index (χ1v) is 4.89. The lowest BCUT2D eigenvalue weighted by molar-refractivity contribution is 0.269. The fraction of sp³-hybridized carbons (Fsp3) is 0.455. The zero-order chi connectivity index (χ0) is 10.1. The smallest absolute Gasteiger partial charge is 0.126 e. The maximum Gasteiger partial charge on any atom is 0.126 e. The Balaban J connectivity index is 2.52. The number of hydrogen-bond acceptors (Lipinski definition) is 3. The molecule has 2 N–H and O–H groups in total. The lowest BCUT2D eigenvalue weighted by Gasteiger charge is -2.28. The Morgan fingerprint density at radius 1 is 1.43 bits per heavy atom. The van der Waals surface area contributed by atoms with E-state index in [0.717, 1.165) is 30.0 Å². The summed E-state index contributed by atoms with van der Waals surface area (Å²) >= 11 is 0. The summed E-state index contributed by atoms with van der Waals surface area (Å²) in [5.41, 5.74) is 8.38. The molecule has 0 saturated carbocycles. The molecule has 2 rings (SSSR count). The van der Waals surface area contributed by atoms with Crippen LogP contribution in [0.3, 0.4) is 0 Å². The van der Waals surface area contributed by atoms with Gasteiger partial charge in [-0.05, 0) is 12.1 Å². The highest BCUT2D eigenvalue weighted by molar-refractivity contribution is 5.60. The normalized spacial score (nSPS) is 19.8. The highest BCUT2D eigenvalue weighted by atomic mass is 16.5. The monoisotopic (exact) mass is 192 g/mol. The van der Waals surface area contributed by atoms with Crippen LogP contribution < -0.4 is 15.4 Å². The largest absolute Gasteiger partial charge is 0.493 e. The highest BCUT2D eigenvalue weighted by Crippen LogP contribution is 2.37. The van der Waals surface area contributed by atoms with Gasteiger partial charge in [-0.1, -0.05) is 6.07 Å². The fourth-order valence-electron chi connectivity index (χ4n) is 1.86. The van der Waals surface area contributed by atoms with E-state index < -0.39 is 0 Å². The van der Waals surface area contributed by atoms with E-state index in [1.807, 2.05) is 26.2 Å². The van der Waals surface area contributed by atoms with E-state index in [4.69, 9.17) is 10.5 Å². The maximum absolute atomic E-state index is 6.08. The van der Waals surface area contributed by atoms with Gasteiger partial charge in [0, 0.05) is 37.8 Å². The Kier molecular flexibility index (Phi) is 2.33. The number of ether oxygens (including phenoxy) is 1. The molecular formula is C11H16N2O. The number of hydrogen-bond donors (Lipinski definition) is 1. The van der Waals surface area contributed by atoms with Gasteiger partial charge in [0.25, 0.3) is 0 Å². The minimum atomic E-state index is 0.109. The van der Waals surface area contributed by atoms with Crippen molar-refractivity contribution < 1.29 is 4.74 Å². The first-order chi connectivity index (χ1) is 6.70. The van der Waals surface area contributed by atoms with Crippen molar-refractivity contribution >= 4 is 5.69 Å². The average molecular weight is 192 g/mol. The molecule has 1 heterocycles. The molecule has 0 amide bonds. The van der Waals surface area contributed by atoms with Crippen LogP contribution in [0.25, 0.3) is 0 Å². The Morgan fingerprint density at radius 2 is 2.21 bits per heavy atom. The molecule has 14 heavy (non-hydrogen) atoms. The molecule has 1 aliphatic heterocycles. The van der Waals surface area contributed by atoms with Gasteiger partial charge in [0.2, 0.25) is 0 Å². The van der Waals surface area contributed by atoms with E-state index in [1.165, 1.54) is 0 Å². The van der Waals surface area contributed by atoms with Gasteiger partial charge < -0.3 is 15.4 Å². The van der Waals surface area contributed by atoms with Crippen LogP contribution in [0.2, 0.25) is 0 Å². The zero-order valence-electron chi connectivity index (χ0n) is 8.66. The summed E-state index contributed by atoms with van der Waals surface area (Å²) in [4.78, 5) is 2.08. The minimum Gasteiger partial charge on any atom is -0.493 e. The lowest BCUT2D eigenvalue weighted by Crippen LogP contribution is -2.24. The van der Waals surface area contributed by atoms with Crippen LogP contribution >= 0.6 is 0 Å². The van der Waals surface area contributed by atoms with Crippen molar-refractivity contribution in [1.82, 2.24) is 0 Å². The molecule has 0 fully saturated rings. The third kappa shape index (κ3) is 1.44. The first-order valence-electron chi connectivity index (χ1n) is 4.89. The molecule has 0 bridgehead atoms. The molecule has 0 radical (unpaired) electrons. The Morgan fingerprint density at radius 3 is 2.93 bits per heavy atom. The number of benzene rings is 1. The second kappa shape index (κ2) is 3.50. The molecule has 0 saturated heterocycles. The molecule has 1 aromatic carbocycles. The summed E-state index contributed by atoms with van der Waals surface area (Å²) in [6.45, 7) is 0.727. The van der Waals surface area contributed by atoms with Crippen molar-refractivity contribution in [2.24, 2.45) is 5.73 Å². The molecule has 0 unspecified atom stereocenters. The van der Waals surface area contributed by atoms with Gasteiger partial charge in [-0.3, -0.25) is 0 Å². The minimum absolute atomic E-state index is 0.109. The van der Waals surface area contributed by atoms with Crippen LogP contribution in [0.5, 0.6) is 5.75 Å². The summed E-state index contributed by atoms with van der Waals surface area (Å²) in [6, 6.07) is 6.18. The average Bonchev–Trinajstić information content (AvgIpc) is 2.17. The van der Waals surface area contributed by atoms with Crippen molar-refractivity contribution in [3.63, 3.8) is 0 Å². The van der Waals surface area contributed by atoms with E-state index >= 15 is 0 Å². The van der Waals surface area contributed by atoms with E-state index in [9.17, 15) is 0 Å². The van der Waals surface area contributed by atoms with E-state index in [-0.39, 0.29) is 6.04 Å². The Hall–Kier alpha value is -1.22. The van der Waals surface area contributed by atoms with Gasteiger partial charge in [0.1, 0.15) is 5.75 Å². The summed E-state index contributed by atoms with van der Waals surface area (Å²) in [5, 5.41) is 0. The molecule has 3 nitrogen and oxygen atoms in total. The van der Waals surface area contributed by atoms with Crippen LogP contribution in [0.1, 0.15) is 18.0 Å². The standard InChI is InChI=1S/C11H16N2O/c1-13(2)9-4-3-5-10-11(9)8(12)6-7-14-10/h3-5,8H,6-7,12H2,1-2H3/t8-/m1/s1. The van der Waals surface area contributed by atoms with E-state index in [0.29, 0.717) is 0 Å². The van der Waals surface area contributed by atoms with Crippen LogP contribution in [0.4, 0.5) is 5.69 Å². The van der Waals surface area contributed by atoms with Crippen LogP contribution in [-0.4, -0.2) is 20.7 Å². The summed E-state index contributed by atoms with van der Waals surface area (Å²) < 4.78 is 5.58. The van der Waals surface area contributed by atoms with Crippen molar-refractivity contribution in [2.45, 2.75) is 12.5 Å². The Bertz CT molecular complexity index is 336. The third-order valence-electron chi connectivity index (χ3n) is 2.58. The van der Waals surface area contributed by atoms with E-state index in [2.05, 4.69) is 11.0 Å². The number of nitrogens with two attached hydrogens (primary N) is 1. The molecule has 0 spiro atoms. The SMILES string of the molecule is CN(C)c1cccc2c1[C@H](N)CCO2. The lowest BCUT2D eigenvalue weighted by atomic mass is 9.99. The molecule has 1 aliphatic rings. The Labute approximate surface area is 84.5 Å². The molecule has 1 atom stereocenters. The molecule has 3 heteroatoms. The first kappa shape index (κ1) is 9.34. The maximum atomic E-state index is 6.08. The van der Waals surface area contributed by atoms with Crippen molar-refractivity contribution in [3.05, 3.63) is 23.8 Å². The molecule has 0 aliphatic carbocycles. The van der Waals surface area contributed by atoms with Crippen molar-refractivity contribution in [3.8, 4) is 5.75 Å². The fourth-order valence-corrected chi connectivity index (χ4v) is 1.86. The number of nitrogens with zero attached hydrogens (tertiary/aromatic N) is 1. The summed E-state index contributed by atoms with van der Waals surface area (Å²) in [5.74, 6) is 0.940. The second-order valence-corrected chi connectivity index (χ2v) is 3.83. The van der Waals surface area contributed by atoms with E-state index in [1.54, 1.807) is 0 Å². The summed E-state index contributed by atoms with van der Waals surface area (Å²) in [6.07, 6.45) is 0.901. The highest BCUT2D eigenvalue weighted by Gasteiger charge is 2.21. The van der Waals surface area contributed by atoms with Crippen LogP contribution in [-0.2, 0) is 0 Å². The van der Waals surface area contributed by atoms with Gasteiger partial charge in [-0.15, -0.1) is 0 Å². The molecule has 0 aromatic heterocycles. The van der Waals surface area contributed by atoms with Crippen molar-refractivity contribution in [2.75, 3.05) is 25.6 Å². The number of rotatable bonds is 1. The van der Waals surface area contributed by atoms with Gasteiger partial charge in [-0.25, -0.2) is 0 Å². The zero-order valence-corrected chi connectivity index (χ0v) is 8.66. The number of fused-ring (bicyclic) bond motifs is 1. The van der Waals surface area contributed by atoms with Gasteiger partial charge in [0.05, 0.1) is 6.61 Å². The quantitative estimate of drug-likeness (QED) is 0.733. The molecule has 76 valence electrons. The predicted octanol–water partition coefficient (Wildman–Crippen LogP) is 1.53. The van der Waals surface area contributed by atoms with Crippen LogP contribution in [0.15, 0.2) is 18.2 Å². The molecule has 1 aromatic rings. The topological polar surface area (TPSA) is 38.5 Å². The predicted molar refractivity (Wildman–Crippen MR) is 57.8 cm³/mol. The van der Waals surface area contributed by atoms with Crippen molar-refractivity contribution in [1.29, 1.82) is 0 Å². The second-order valence-electron chi connectivity index (χ2n) is 3.83. The van der Waals surface area contributed by atoms with Crippen LogP contribution in [0, 0.1) is 0 Å². The van der Waals surface area contributed by atoms with Gasteiger partial charge in [0.15, 0.2) is 0 Å². The van der Waals surface area contributed by atoms with Gasteiger partial charge >= 0.3 is 0 Å². The summed E-state index contributed by atoms with van der Waals surface area (Å²) in [7, 11) is 4.05.